The fourth-order valence-corrected chi connectivity index (χ4v) is 4.17. The topological polar surface area (TPSA) is 20.2 Å². The highest BCUT2D eigenvalue weighted by Gasteiger charge is 2.25. The minimum absolute atomic E-state index is 0. The molecule has 0 atom stereocenters. The van der Waals surface area contributed by atoms with E-state index >= 15 is 0 Å². The van der Waals surface area contributed by atoms with Gasteiger partial charge in [0.2, 0.25) is 0 Å². The van der Waals surface area contributed by atoms with E-state index in [1.54, 1.807) is 13.8 Å². The summed E-state index contributed by atoms with van der Waals surface area (Å²) in [4.78, 5) is 0. The predicted molar refractivity (Wildman–Crippen MR) is 134 cm³/mol. The molecule has 0 saturated heterocycles. The molecule has 0 rings (SSSR count). The zero-order valence-corrected chi connectivity index (χ0v) is 23.6. The first-order valence-electron chi connectivity index (χ1n) is 13.5. The van der Waals surface area contributed by atoms with Crippen LogP contribution in [0, 0.1) is 0 Å². The molecule has 0 aliphatic heterocycles. The molecule has 0 fully saturated rings. The molecule has 0 saturated carbocycles. The summed E-state index contributed by atoms with van der Waals surface area (Å²) in [5.41, 5.74) is 0. The third-order valence-corrected chi connectivity index (χ3v) is 5.94. The van der Waals surface area contributed by atoms with Gasteiger partial charge in [0.25, 0.3) is 0 Å². The largest absolute Gasteiger partial charge is 1.00 e. The summed E-state index contributed by atoms with van der Waals surface area (Å²) in [6, 6.07) is 0. The molecule has 0 spiro atoms. The molecule has 1 N–H and O–H groups in total. The molecule has 0 unspecified atom stereocenters. The van der Waals surface area contributed by atoms with Crippen LogP contribution < -0.4 is 17.0 Å². The highest BCUT2D eigenvalue weighted by atomic mass is 79.9. The lowest BCUT2D eigenvalue weighted by Crippen LogP contribution is -3.00. The third-order valence-electron chi connectivity index (χ3n) is 5.94. The SMILES string of the molecule is CC(C)O.CCCCCC[N+](CCCCCC)(CCCCCC)CCCCCC.[Br-]. The van der Waals surface area contributed by atoms with E-state index in [9.17, 15) is 0 Å². The van der Waals surface area contributed by atoms with Crippen molar-refractivity contribution < 1.29 is 26.6 Å². The van der Waals surface area contributed by atoms with Gasteiger partial charge >= 0.3 is 0 Å². The highest BCUT2D eigenvalue weighted by Crippen LogP contribution is 2.19. The first-order valence-corrected chi connectivity index (χ1v) is 13.5. The fraction of sp³-hybridized carbons (Fsp3) is 1.00. The zero-order valence-electron chi connectivity index (χ0n) is 22.0. The molecular formula is C27H60BrNO. The summed E-state index contributed by atoms with van der Waals surface area (Å²) in [5.74, 6) is 0. The summed E-state index contributed by atoms with van der Waals surface area (Å²) in [5, 5.41) is 8.06. The van der Waals surface area contributed by atoms with E-state index in [-0.39, 0.29) is 23.1 Å². The number of hydrogen-bond donors (Lipinski definition) is 1. The maximum absolute atomic E-state index is 8.06. The van der Waals surface area contributed by atoms with E-state index in [4.69, 9.17) is 5.11 Å². The zero-order chi connectivity index (χ0) is 22.2. The Labute approximate surface area is 203 Å². The lowest BCUT2D eigenvalue weighted by Gasteiger charge is -2.39. The van der Waals surface area contributed by atoms with E-state index in [0.29, 0.717) is 0 Å². The number of nitrogens with zero attached hydrogens (tertiary/aromatic N) is 1. The minimum atomic E-state index is -0.167. The molecule has 0 heterocycles. The van der Waals surface area contributed by atoms with Gasteiger partial charge in [0.05, 0.1) is 26.2 Å². The van der Waals surface area contributed by atoms with Crippen LogP contribution >= 0.6 is 0 Å². The Morgan fingerprint density at radius 2 is 0.667 bits per heavy atom. The maximum atomic E-state index is 8.06. The molecule has 0 aromatic rings. The summed E-state index contributed by atoms with van der Waals surface area (Å²) in [6.45, 7) is 18.6. The number of aliphatic hydroxyl groups excluding tert-OH is 1. The van der Waals surface area contributed by atoms with Gasteiger partial charge in [-0.15, -0.1) is 0 Å². The summed E-state index contributed by atoms with van der Waals surface area (Å²) in [6.07, 6.45) is 22.7. The van der Waals surface area contributed by atoms with Gasteiger partial charge < -0.3 is 26.6 Å². The second-order valence-corrected chi connectivity index (χ2v) is 9.57. The van der Waals surface area contributed by atoms with Crippen molar-refractivity contribution in [1.82, 2.24) is 0 Å². The van der Waals surface area contributed by atoms with Gasteiger partial charge in [-0.3, -0.25) is 0 Å². The standard InChI is InChI=1S/C24H52N.C3H8O.BrH/c1-5-9-13-17-21-25(22-18-14-10-6-2,23-19-15-11-7-3)24-20-16-12-8-4;1-3(2)4;/h5-24H2,1-4H3;3-4H,1-2H3;1H/q+1;;/p-1. The number of rotatable bonds is 20. The molecular weight excluding hydrogens is 434 g/mol. The molecule has 3 heteroatoms. The van der Waals surface area contributed by atoms with Gasteiger partial charge in [0.1, 0.15) is 0 Å². The molecule has 0 amide bonds. The van der Waals surface area contributed by atoms with E-state index in [1.165, 1.54) is 133 Å². The van der Waals surface area contributed by atoms with Crippen molar-refractivity contribution in [3.8, 4) is 0 Å². The average Bonchev–Trinajstić information content (AvgIpc) is 2.69. The predicted octanol–water partition coefficient (Wildman–Crippen LogP) is 5.52. The quantitative estimate of drug-likeness (QED) is 0.175. The average molecular weight is 495 g/mol. The summed E-state index contributed by atoms with van der Waals surface area (Å²) < 4.78 is 1.46. The van der Waals surface area contributed by atoms with Gasteiger partial charge in [-0.1, -0.05) is 79.1 Å². The van der Waals surface area contributed by atoms with Crippen LogP contribution in [0.25, 0.3) is 0 Å². The second-order valence-electron chi connectivity index (χ2n) is 9.57. The van der Waals surface area contributed by atoms with Crippen molar-refractivity contribution >= 4 is 0 Å². The van der Waals surface area contributed by atoms with Crippen LogP contribution in [0.4, 0.5) is 0 Å². The highest BCUT2D eigenvalue weighted by molar-refractivity contribution is 4.53. The number of halogens is 1. The van der Waals surface area contributed by atoms with Crippen LogP contribution in [0.1, 0.15) is 144 Å². The molecule has 0 radical (unpaired) electrons. The molecule has 2 nitrogen and oxygen atoms in total. The van der Waals surface area contributed by atoms with E-state index in [1.807, 2.05) is 0 Å². The molecule has 0 aromatic carbocycles. The van der Waals surface area contributed by atoms with Gasteiger partial charge in [-0.05, 0) is 65.2 Å². The Morgan fingerprint density at radius 3 is 0.833 bits per heavy atom. The molecule has 0 aliphatic rings. The first-order chi connectivity index (χ1) is 14.0. The molecule has 186 valence electrons. The number of hydrogen-bond acceptors (Lipinski definition) is 1. The van der Waals surface area contributed by atoms with Crippen LogP contribution in [0.15, 0.2) is 0 Å². The van der Waals surface area contributed by atoms with Crippen molar-refractivity contribution in [3.05, 3.63) is 0 Å². The normalized spacial score (nSPS) is 11.2. The van der Waals surface area contributed by atoms with Crippen molar-refractivity contribution in [3.63, 3.8) is 0 Å². The van der Waals surface area contributed by atoms with Gasteiger partial charge in [0, 0.05) is 6.10 Å². The first kappa shape index (κ1) is 35.0. The van der Waals surface area contributed by atoms with Crippen molar-refractivity contribution in [1.29, 1.82) is 0 Å². The van der Waals surface area contributed by atoms with E-state index < -0.39 is 0 Å². The van der Waals surface area contributed by atoms with Crippen LogP contribution in [0.3, 0.4) is 0 Å². The Bertz CT molecular complexity index is 240. The van der Waals surface area contributed by atoms with Crippen LogP contribution in [0.5, 0.6) is 0 Å². The Kier molecular flexibility index (Phi) is 32.0. The third kappa shape index (κ3) is 26.4. The van der Waals surface area contributed by atoms with Gasteiger partial charge in [0.15, 0.2) is 0 Å². The second kappa shape index (κ2) is 27.4. The lowest BCUT2D eigenvalue weighted by molar-refractivity contribution is -0.929. The smallest absolute Gasteiger partial charge is 0.0786 e. The van der Waals surface area contributed by atoms with Crippen molar-refractivity contribution in [2.75, 3.05) is 26.2 Å². The summed E-state index contributed by atoms with van der Waals surface area (Å²) >= 11 is 0. The van der Waals surface area contributed by atoms with Gasteiger partial charge in [-0.25, -0.2) is 0 Å². The molecule has 0 aliphatic carbocycles. The lowest BCUT2D eigenvalue weighted by atomic mass is 10.1. The van der Waals surface area contributed by atoms with Crippen molar-refractivity contribution in [2.45, 2.75) is 150 Å². The molecule has 0 aromatic heterocycles. The number of unbranched alkanes of at least 4 members (excludes halogenated alkanes) is 12. The monoisotopic (exact) mass is 493 g/mol. The fourth-order valence-electron chi connectivity index (χ4n) is 4.17. The molecule has 0 bridgehead atoms. The van der Waals surface area contributed by atoms with Crippen LogP contribution in [-0.2, 0) is 0 Å². The van der Waals surface area contributed by atoms with Crippen LogP contribution in [0.2, 0.25) is 0 Å². The van der Waals surface area contributed by atoms with E-state index in [2.05, 4.69) is 27.7 Å². The number of quaternary nitrogens is 1. The van der Waals surface area contributed by atoms with Crippen molar-refractivity contribution in [2.24, 2.45) is 0 Å². The Morgan fingerprint density at radius 1 is 0.467 bits per heavy atom. The van der Waals surface area contributed by atoms with Gasteiger partial charge in [-0.2, -0.15) is 0 Å². The molecule has 30 heavy (non-hydrogen) atoms. The Hall–Kier alpha value is 0.400. The maximum Gasteiger partial charge on any atom is 0.0786 e. The summed E-state index contributed by atoms with van der Waals surface area (Å²) in [7, 11) is 0. The minimum Gasteiger partial charge on any atom is -1.00 e. The Balaban J connectivity index is -0.00000133. The van der Waals surface area contributed by atoms with Crippen LogP contribution in [-0.4, -0.2) is 41.9 Å². The number of aliphatic hydroxyl groups is 1. The van der Waals surface area contributed by atoms with E-state index in [0.717, 1.165) is 0 Å².